The summed E-state index contributed by atoms with van der Waals surface area (Å²) in [6.45, 7) is 0.358. The van der Waals surface area contributed by atoms with Gasteiger partial charge in [0, 0.05) is 6.20 Å². The first-order valence-corrected chi connectivity index (χ1v) is 7.68. The molecule has 1 aromatic carbocycles. The second-order valence-corrected chi connectivity index (χ2v) is 5.79. The van der Waals surface area contributed by atoms with E-state index >= 15 is 0 Å². The number of rotatable bonds is 3. The normalized spacial score (nSPS) is 15.6. The van der Waals surface area contributed by atoms with Gasteiger partial charge in [0.25, 0.3) is 5.56 Å². The Bertz CT molecular complexity index is 860. The predicted molar refractivity (Wildman–Crippen MR) is 82.6 cm³/mol. The molecule has 2 heterocycles. The molecule has 0 spiro atoms. The van der Waals surface area contributed by atoms with Crippen LogP contribution >= 0.6 is 0 Å². The number of hydrogen-bond donors (Lipinski definition) is 0. The molecule has 0 bridgehead atoms. The van der Waals surface area contributed by atoms with E-state index in [0.717, 1.165) is 5.69 Å². The first kappa shape index (κ1) is 13.2. The van der Waals surface area contributed by atoms with Crippen molar-refractivity contribution in [3.63, 3.8) is 0 Å². The highest BCUT2D eigenvalue weighted by Crippen LogP contribution is 2.28. The van der Waals surface area contributed by atoms with Gasteiger partial charge in [-0.1, -0.05) is 30.2 Å². The van der Waals surface area contributed by atoms with Crippen molar-refractivity contribution in [2.24, 2.45) is 0 Å². The van der Waals surface area contributed by atoms with E-state index in [1.807, 2.05) is 29.1 Å². The second kappa shape index (κ2) is 5.36. The van der Waals surface area contributed by atoms with Crippen LogP contribution in [0.15, 0.2) is 41.3 Å². The van der Waals surface area contributed by atoms with Crippen molar-refractivity contribution in [2.75, 3.05) is 0 Å². The number of nitrogens with zero attached hydrogens (tertiary/aromatic N) is 5. The number of benzene rings is 1. The van der Waals surface area contributed by atoms with Gasteiger partial charge < -0.3 is 0 Å². The Morgan fingerprint density at radius 1 is 1.14 bits per heavy atom. The minimum Gasteiger partial charge on any atom is -0.269 e. The maximum absolute atomic E-state index is 12.4. The fraction of sp³-hybridized carbons (Fsp3) is 0.375. The molecular weight excluding hydrogens is 278 g/mol. The lowest BCUT2D eigenvalue weighted by molar-refractivity contribution is 0.459. The summed E-state index contributed by atoms with van der Waals surface area (Å²) >= 11 is 0. The molecule has 1 aliphatic carbocycles. The Kier molecular flexibility index (Phi) is 3.21. The lowest BCUT2D eigenvalue weighted by Crippen LogP contribution is -2.25. The average Bonchev–Trinajstić information content (AvgIpc) is 3.21. The van der Waals surface area contributed by atoms with Gasteiger partial charge in [-0.15, -0.1) is 5.10 Å². The minimum atomic E-state index is -0.124. The second-order valence-electron chi connectivity index (χ2n) is 5.79. The third kappa shape index (κ3) is 2.30. The molecule has 0 aliphatic heterocycles. The molecule has 0 radical (unpaired) electrons. The zero-order valence-electron chi connectivity index (χ0n) is 12.2. The number of fused-ring (bicyclic) bond motifs is 1. The fourth-order valence-corrected chi connectivity index (χ4v) is 3.11. The molecule has 6 heteroatoms. The molecule has 1 aliphatic rings. The first-order chi connectivity index (χ1) is 10.8. The van der Waals surface area contributed by atoms with Crippen molar-refractivity contribution >= 4 is 10.9 Å². The average molecular weight is 295 g/mol. The van der Waals surface area contributed by atoms with Crippen LogP contribution in [0.25, 0.3) is 10.9 Å². The van der Waals surface area contributed by atoms with Gasteiger partial charge in [0.2, 0.25) is 0 Å². The molecule has 0 amide bonds. The largest absolute Gasteiger partial charge is 0.277 e. The molecule has 0 unspecified atom stereocenters. The van der Waals surface area contributed by atoms with E-state index in [-0.39, 0.29) is 5.56 Å². The third-order valence-corrected chi connectivity index (χ3v) is 4.30. The maximum Gasteiger partial charge on any atom is 0.277 e. The minimum absolute atomic E-state index is 0.124. The van der Waals surface area contributed by atoms with Gasteiger partial charge in [-0.05, 0) is 31.0 Å². The van der Waals surface area contributed by atoms with Gasteiger partial charge in [-0.25, -0.2) is 4.68 Å². The summed E-state index contributed by atoms with van der Waals surface area (Å²) < 4.78 is 3.41. The molecular formula is C16H17N5O. The summed E-state index contributed by atoms with van der Waals surface area (Å²) in [5.41, 5.74) is 1.35. The monoisotopic (exact) mass is 295 g/mol. The molecule has 22 heavy (non-hydrogen) atoms. The summed E-state index contributed by atoms with van der Waals surface area (Å²) in [6.07, 6.45) is 6.93. The topological polar surface area (TPSA) is 65.6 Å². The molecule has 1 saturated carbocycles. The van der Waals surface area contributed by atoms with Crippen LogP contribution in [0.3, 0.4) is 0 Å². The van der Waals surface area contributed by atoms with E-state index in [4.69, 9.17) is 0 Å². The van der Waals surface area contributed by atoms with Crippen LogP contribution in [0, 0.1) is 0 Å². The van der Waals surface area contributed by atoms with Crippen molar-refractivity contribution in [2.45, 2.75) is 38.3 Å². The van der Waals surface area contributed by atoms with Crippen LogP contribution in [0.2, 0.25) is 0 Å². The fourth-order valence-electron chi connectivity index (χ4n) is 3.11. The Labute approximate surface area is 127 Å². The molecule has 6 nitrogen and oxygen atoms in total. The summed E-state index contributed by atoms with van der Waals surface area (Å²) in [5, 5.41) is 13.3. The van der Waals surface area contributed by atoms with E-state index < -0.39 is 0 Å². The SMILES string of the molecule is O=c1c2ccccc2nnn1Cc1ccn(C2CCCC2)n1. The highest BCUT2D eigenvalue weighted by Gasteiger charge is 2.17. The lowest BCUT2D eigenvalue weighted by Gasteiger charge is -2.09. The maximum atomic E-state index is 12.4. The zero-order valence-corrected chi connectivity index (χ0v) is 12.2. The van der Waals surface area contributed by atoms with Gasteiger partial charge in [0.05, 0.1) is 23.7 Å². The molecule has 112 valence electrons. The van der Waals surface area contributed by atoms with Crippen molar-refractivity contribution in [1.29, 1.82) is 0 Å². The Balaban J connectivity index is 1.63. The Hall–Kier alpha value is -2.50. The van der Waals surface area contributed by atoms with E-state index in [9.17, 15) is 4.79 Å². The standard InChI is InChI=1S/C16H17N5O/c22-16-14-7-3-4-8-15(14)17-19-21(16)11-12-9-10-20(18-12)13-5-1-2-6-13/h3-4,7-10,13H,1-2,5-6,11H2. The first-order valence-electron chi connectivity index (χ1n) is 7.68. The number of hydrogen-bond acceptors (Lipinski definition) is 4. The van der Waals surface area contributed by atoms with Gasteiger partial charge in [0.15, 0.2) is 0 Å². The predicted octanol–water partition coefficient (Wildman–Crippen LogP) is 2.15. The van der Waals surface area contributed by atoms with E-state index in [1.165, 1.54) is 30.4 Å². The van der Waals surface area contributed by atoms with E-state index in [2.05, 4.69) is 15.4 Å². The van der Waals surface area contributed by atoms with Crippen molar-refractivity contribution in [3.05, 3.63) is 52.6 Å². The summed E-state index contributed by atoms with van der Waals surface area (Å²) in [6, 6.07) is 9.73. The molecule has 0 saturated heterocycles. The van der Waals surface area contributed by atoms with E-state index in [1.54, 1.807) is 12.1 Å². The Morgan fingerprint density at radius 2 is 1.95 bits per heavy atom. The van der Waals surface area contributed by atoms with Gasteiger partial charge in [-0.2, -0.15) is 5.10 Å². The molecule has 1 fully saturated rings. The van der Waals surface area contributed by atoms with Crippen molar-refractivity contribution in [3.8, 4) is 0 Å². The molecule has 0 N–H and O–H groups in total. The summed E-state index contributed by atoms with van der Waals surface area (Å²) in [4.78, 5) is 12.4. The van der Waals surface area contributed by atoms with Crippen LogP contribution in [0.4, 0.5) is 0 Å². The summed E-state index contributed by atoms with van der Waals surface area (Å²) in [7, 11) is 0. The highest BCUT2D eigenvalue weighted by molar-refractivity contribution is 5.76. The highest BCUT2D eigenvalue weighted by atomic mass is 16.1. The van der Waals surface area contributed by atoms with Crippen LogP contribution in [0.5, 0.6) is 0 Å². The van der Waals surface area contributed by atoms with Crippen LogP contribution < -0.4 is 5.56 Å². The van der Waals surface area contributed by atoms with E-state index in [0.29, 0.717) is 23.5 Å². The zero-order chi connectivity index (χ0) is 14.9. The van der Waals surface area contributed by atoms with Crippen molar-refractivity contribution in [1.82, 2.24) is 24.8 Å². The Morgan fingerprint density at radius 3 is 2.82 bits per heavy atom. The van der Waals surface area contributed by atoms with Gasteiger partial charge in [0.1, 0.15) is 5.52 Å². The van der Waals surface area contributed by atoms with Crippen LogP contribution in [-0.2, 0) is 6.54 Å². The van der Waals surface area contributed by atoms with Gasteiger partial charge >= 0.3 is 0 Å². The third-order valence-electron chi connectivity index (χ3n) is 4.30. The van der Waals surface area contributed by atoms with Crippen LogP contribution in [0.1, 0.15) is 37.4 Å². The number of aromatic nitrogens is 5. The summed E-state index contributed by atoms with van der Waals surface area (Å²) in [5.74, 6) is 0. The molecule has 2 aromatic heterocycles. The molecule has 4 rings (SSSR count). The molecule has 3 aromatic rings. The van der Waals surface area contributed by atoms with Crippen LogP contribution in [-0.4, -0.2) is 24.8 Å². The molecule has 0 atom stereocenters. The van der Waals surface area contributed by atoms with Crippen molar-refractivity contribution < 1.29 is 0 Å². The quantitative estimate of drug-likeness (QED) is 0.742. The lowest BCUT2D eigenvalue weighted by atomic mass is 10.2. The smallest absolute Gasteiger partial charge is 0.269 e. The van der Waals surface area contributed by atoms with Gasteiger partial charge in [-0.3, -0.25) is 9.48 Å².